The lowest BCUT2D eigenvalue weighted by Gasteiger charge is -2.25. The fraction of sp³-hybridized carbons (Fsp3) is 0.273. The number of amides is 1. The Bertz CT molecular complexity index is 938. The van der Waals surface area contributed by atoms with Gasteiger partial charge in [0.1, 0.15) is 18.1 Å². The zero-order chi connectivity index (χ0) is 19.3. The molecule has 1 amide bonds. The summed E-state index contributed by atoms with van der Waals surface area (Å²) in [6.07, 6.45) is 0.746. The molecule has 1 aliphatic rings. The number of hydrogen-bond donors (Lipinski definition) is 2. The van der Waals surface area contributed by atoms with Crippen LogP contribution in [0.3, 0.4) is 0 Å². The van der Waals surface area contributed by atoms with E-state index in [4.69, 9.17) is 4.74 Å². The molecule has 0 saturated carbocycles. The maximum absolute atomic E-state index is 12.7. The van der Waals surface area contributed by atoms with Gasteiger partial charge in [-0.25, -0.2) is 0 Å². The molecule has 28 heavy (non-hydrogen) atoms. The smallest absolute Gasteiger partial charge is 0.260 e. The molecular weight excluding hydrogens is 354 g/mol. The van der Waals surface area contributed by atoms with Gasteiger partial charge in [0.05, 0.1) is 18.5 Å². The van der Waals surface area contributed by atoms with Crippen LogP contribution in [-0.2, 0) is 24.3 Å². The number of nitrogens with zero attached hydrogens (tertiary/aromatic N) is 2. The highest BCUT2D eigenvalue weighted by atomic mass is 16.5. The van der Waals surface area contributed by atoms with Crippen molar-refractivity contribution < 1.29 is 19.3 Å². The Kier molecular flexibility index (Phi) is 5.39. The van der Waals surface area contributed by atoms with Crippen LogP contribution in [0.1, 0.15) is 11.3 Å². The highest BCUT2D eigenvalue weighted by Gasteiger charge is 2.32. The van der Waals surface area contributed by atoms with Gasteiger partial charge in [-0.2, -0.15) is 5.10 Å². The minimum absolute atomic E-state index is 0.0246. The van der Waals surface area contributed by atoms with E-state index in [9.17, 15) is 9.90 Å². The summed E-state index contributed by atoms with van der Waals surface area (Å²) in [7, 11) is 0. The molecule has 2 heterocycles. The number of aliphatic hydroxyl groups is 1. The van der Waals surface area contributed by atoms with E-state index in [0.29, 0.717) is 25.4 Å². The number of fused-ring (bicyclic) bond motifs is 1. The van der Waals surface area contributed by atoms with Crippen LogP contribution in [-0.4, -0.2) is 40.8 Å². The normalized spacial score (nSPS) is 13.2. The number of nitrogens with one attached hydrogen (secondary N) is 1. The topological polar surface area (TPSA) is 69.4 Å². The van der Waals surface area contributed by atoms with Gasteiger partial charge < -0.3 is 14.7 Å². The maximum Gasteiger partial charge on any atom is 0.260 e. The molecule has 1 aromatic heterocycles. The average Bonchev–Trinajstić information content (AvgIpc) is 3.11. The lowest BCUT2D eigenvalue weighted by atomic mass is 10.0. The minimum atomic E-state index is -0.0246. The molecule has 2 N–H and O–H groups in total. The third kappa shape index (κ3) is 3.77. The highest BCUT2D eigenvalue weighted by Crippen LogP contribution is 2.27. The van der Waals surface area contributed by atoms with Gasteiger partial charge >= 0.3 is 0 Å². The quantitative estimate of drug-likeness (QED) is 0.644. The number of benzene rings is 2. The molecule has 4 rings (SSSR count). The van der Waals surface area contributed by atoms with E-state index in [2.05, 4.69) is 17.2 Å². The minimum Gasteiger partial charge on any atom is -0.484 e. The summed E-state index contributed by atoms with van der Waals surface area (Å²) >= 11 is 0. The summed E-state index contributed by atoms with van der Waals surface area (Å²) in [4.78, 5) is 14.5. The van der Waals surface area contributed by atoms with Gasteiger partial charge in [-0.15, -0.1) is 4.68 Å². The van der Waals surface area contributed by atoms with Crippen molar-refractivity contribution in [1.29, 1.82) is 0 Å². The van der Waals surface area contributed by atoms with E-state index in [1.54, 1.807) is 0 Å². The van der Waals surface area contributed by atoms with E-state index >= 15 is 0 Å². The van der Waals surface area contributed by atoms with Gasteiger partial charge in [0.25, 0.3) is 5.91 Å². The summed E-state index contributed by atoms with van der Waals surface area (Å²) in [5, 5.41) is 12.8. The van der Waals surface area contributed by atoms with Crippen LogP contribution in [0.4, 0.5) is 0 Å². The number of para-hydroxylation sites is 1. The first-order valence-corrected chi connectivity index (χ1v) is 9.51. The number of carbonyl (C=O) groups is 1. The molecule has 0 unspecified atom stereocenters. The van der Waals surface area contributed by atoms with Crippen molar-refractivity contribution in [3.63, 3.8) is 0 Å². The summed E-state index contributed by atoms with van der Waals surface area (Å²) in [5.41, 5.74) is 4.34. The number of hydrogen-bond acceptors (Lipinski definition) is 3. The Morgan fingerprint density at radius 2 is 1.82 bits per heavy atom. The van der Waals surface area contributed by atoms with E-state index in [-0.39, 0.29) is 19.1 Å². The molecule has 0 fully saturated rings. The number of aromatic amines is 1. The molecule has 0 atom stereocenters. The van der Waals surface area contributed by atoms with Gasteiger partial charge in [-0.3, -0.25) is 4.79 Å². The molecule has 2 aromatic carbocycles. The number of H-pyrrole nitrogens is 1. The van der Waals surface area contributed by atoms with E-state index < -0.39 is 0 Å². The van der Waals surface area contributed by atoms with Gasteiger partial charge in [0.2, 0.25) is 5.69 Å². The second-order valence-corrected chi connectivity index (χ2v) is 6.82. The molecule has 0 radical (unpaired) electrons. The monoisotopic (exact) mass is 378 g/mol. The number of aliphatic hydroxyl groups excluding tert-OH is 1. The fourth-order valence-electron chi connectivity index (χ4n) is 3.64. The summed E-state index contributed by atoms with van der Waals surface area (Å²) in [6.45, 7) is 1.79. The zero-order valence-electron chi connectivity index (χ0n) is 15.7. The summed E-state index contributed by atoms with van der Waals surface area (Å²) < 4.78 is 7.63. The average molecular weight is 378 g/mol. The van der Waals surface area contributed by atoms with Crippen molar-refractivity contribution in [3.8, 4) is 17.0 Å². The van der Waals surface area contributed by atoms with Crippen LogP contribution in [0, 0.1) is 0 Å². The van der Waals surface area contributed by atoms with Gasteiger partial charge in [0, 0.05) is 12.1 Å². The molecule has 0 spiro atoms. The first-order valence-electron chi connectivity index (χ1n) is 9.51. The van der Waals surface area contributed by atoms with Crippen molar-refractivity contribution in [2.24, 2.45) is 0 Å². The predicted molar refractivity (Wildman–Crippen MR) is 105 cm³/mol. The van der Waals surface area contributed by atoms with Crippen LogP contribution in [0.15, 0.2) is 60.7 Å². The molecule has 6 nitrogen and oxygen atoms in total. The van der Waals surface area contributed by atoms with Crippen molar-refractivity contribution in [2.45, 2.75) is 19.5 Å². The zero-order valence-corrected chi connectivity index (χ0v) is 15.7. The van der Waals surface area contributed by atoms with E-state index in [0.717, 1.165) is 28.9 Å². The third-order valence-corrected chi connectivity index (χ3v) is 5.03. The largest absolute Gasteiger partial charge is 0.484 e. The SMILES string of the molecule is O=C(COc1ccccc1)N1CCc2c(c(-c3ccccc3)[nH][n+]2CCO)C1. The number of rotatable bonds is 6. The van der Waals surface area contributed by atoms with Crippen molar-refractivity contribution in [1.82, 2.24) is 10.00 Å². The van der Waals surface area contributed by atoms with Crippen molar-refractivity contribution in [2.75, 3.05) is 19.8 Å². The molecule has 0 aliphatic carbocycles. The summed E-state index contributed by atoms with van der Waals surface area (Å²) in [5.74, 6) is 0.671. The Balaban J connectivity index is 1.54. The van der Waals surface area contributed by atoms with Crippen LogP contribution < -0.4 is 9.42 Å². The number of aromatic nitrogens is 2. The second kappa shape index (κ2) is 8.27. The van der Waals surface area contributed by atoms with Crippen LogP contribution >= 0.6 is 0 Å². The fourth-order valence-corrected chi connectivity index (χ4v) is 3.64. The van der Waals surface area contributed by atoms with E-state index in [1.807, 2.05) is 58.1 Å². The Morgan fingerprint density at radius 1 is 1.11 bits per heavy atom. The van der Waals surface area contributed by atoms with Gasteiger partial charge in [-0.05, 0) is 12.1 Å². The molecule has 6 heteroatoms. The second-order valence-electron chi connectivity index (χ2n) is 6.82. The first kappa shape index (κ1) is 18.3. The third-order valence-electron chi connectivity index (χ3n) is 5.03. The number of carbonyl (C=O) groups excluding carboxylic acids is 1. The first-order chi connectivity index (χ1) is 13.8. The molecule has 0 bridgehead atoms. The lowest BCUT2D eigenvalue weighted by Crippen LogP contribution is -2.46. The Morgan fingerprint density at radius 3 is 2.54 bits per heavy atom. The van der Waals surface area contributed by atoms with Crippen LogP contribution in [0.5, 0.6) is 5.75 Å². The van der Waals surface area contributed by atoms with E-state index in [1.165, 1.54) is 0 Å². The molecule has 3 aromatic rings. The van der Waals surface area contributed by atoms with Crippen molar-refractivity contribution >= 4 is 5.91 Å². The highest BCUT2D eigenvalue weighted by molar-refractivity contribution is 5.78. The maximum atomic E-state index is 12.7. The Labute approximate surface area is 164 Å². The molecule has 0 saturated heterocycles. The van der Waals surface area contributed by atoms with Gasteiger partial charge in [-0.1, -0.05) is 48.5 Å². The number of ether oxygens (including phenoxy) is 1. The van der Waals surface area contributed by atoms with Crippen molar-refractivity contribution in [3.05, 3.63) is 71.9 Å². The van der Waals surface area contributed by atoms with Gasteiger partial charge in [0.15, 0.2) is 13.2 Å². The lowest BCUT2D eigenvalue weighted by molar-refractivity contribution is -0.757. The summed E-state index contributed by atoms with van der Waals surface area (Å²) in [6, 6.07) is 19.5. The molecule has 1 aliphatic heterocycles. The Hall–Kier alpha value is -3.12. The predicted octanol–water partition coefficient (Wildman–Crippen LogP) is 1.93. The standard InChI is InChI=1S/C22H23N3O3/c26-14-13-25-20-11-12-24(21(27)16-28-18-9-5-2-6-10-18)15-19(20)22(23-25)17-7-3-1-4-8-17/h1-10,26H,11-16H2/p+1. The van der Waals surface area contributed by atoms with Crippen LogP contribution in [0.2, 0.25) is 0 Å². The molecule has 144 valence electrons. The van der Waals surface area contributed by atoms with Crippen LogP contribution in [0.25, 0.3) is 11.3 Å². The molecular formula is C22H24N3O3+.